The zero-order valence-corrected chi connectivity index (χ0v) is 23.4. The second-order valence-electron chi connectivity index (χ2n) is 11.4. The Labute approximate surface area is 248 Å². The van der Waals surface area contributed by atoms with Crippen LogP contribution in [0.2, 0.25) is 0 Å². The zero-order valence-electron chi connectivity index (χ0n) is 23.4. The van der Waals surface area contributed by atoms with Crippen LogP contribution in [0.5, 0.6) is 5.75 Å². The molecular formula is C42H26O. The monoisotopic (exact) mass is 546 g/mol. The smallest absolute Gasteiger partial charge is 0.124 e. The molecule has 200 valence electrons. The molecule has 0 bridgehead atoms. The second-order valence-corrected chi connectivity index (χ2v) is 11.4. The van der Waals surface area contributed by atoms with E-state index in [0.29, 0.717) is 5.75 Å². The van der Waals surface area contributed by atoms with Crippen molar-refractivity contribution in [2.24, 2.45) is 0 Å². The maximum Gasteiger partial charge on any atom is 0.124 e. The van der Waals surface area contributed by atoms with E-state index >= 15 is 0 Å². The lowest BCUT2D eigenvalue weighted by Gasteiger charge is -2.21. The van der Waals surface area contributed by atoms with E-state index in [9.17, 15) is 5.11 Å². The van der Waals surface area contributed by atoms with Gasteiger partial charge in [0, 0.05) is 16.5 Å². The highest BCUT2D eigenvalue weighted by Crippen LogP contribution is 2.50. The first-order valence-corrected chi connectivity index (χ1v) is 14.8. The van der Waals surface area contributed by atoms with Crippen LogP contribution < -0.4 is 0 Å². The van der Waals surface area contributed by atoms with E-state index in [0.717, 1.165) is 38.1 Å². The van der Waals surface area contributed by atoms with Crippen LogP contribution in [0, 0.1) is 0 Å². The van der Waals surface area contributed by atoms with Crippen molar-refractivity contribution in [1.82, 2.24) is 0 Å². The van der Waals surface area contributed by atoms with Crippen LogP contribution in [0.25, 0.3) is 86.9 Å². The summed E-state index contributed by atoms with van der Waals surface area (Å²) in [5, 5.41) is 25.9. The number of hydrogen-bond donors (Lipinski definition) is 1. The number of phenolic OH excluding ortho intramolecular Hbond substituents is 1. The minimum Gasteiger partial charge on any atom is -0.507 e. The predicted molar refractivity (Wildman–Crippen MR) is 184 cm³/mol. The molecule has 1 heteroatoms. The fraction of sp³-hybridized carbons (Fsp3) is 0. The number of hydrogen-bond acceptors (Lipinski definition) is 1. The lowest BCUT2D eigenvalue weighted by molar-refractivity contribution is 0.478. The molecule has 0 heterocycles. The highest BCUT2D eigenvalue weighted by molar-refractivity contribution is 6.32. The van der Waals surface area contributed by atoms with Crippen LogP contribution in [0.4, 0.5) is 0 Å². The fourth-order valence-electron chi connectivity index (χ4n) is 7.29. The van der Waals surface area contributed by atoms with Crippen LogP contribution >= 0.6 is 0 Å². The minimum atomic E-state index is 0.293. The van der Waals surface area contributed by atoms with Crippen LogP contribution in [-0.4, -0.2) is 5.11 Å². The molecule has 9 rings (SSSR count). The van der Waals surface area contributed by atoms with Crippen LogP contribution in [0.15, 0.2) is 152 Å². The molecule has 0 fully saturated rings. The van der Waals surface area contributed by atoms with Gasteiger partial charge >= 0.3 is 0 Å². The largest absolute Gasteiger partial charge is 0.507 e. The lowest BCUT2D eigenvalue weighted by atomic mass is 9.82. The van der Waals surface area contributed by atoms with Crippen molar-refractivity contribution in [2.75, 3.05) is 0 Å². The average molecular weight is 547 g/mol. The molecule has 1 N–H and O–H groups in total. The molecule has 0 aliphatic heterocycles. The molecule has 0 unspecified atom stereocenters. The Bertz CT molecular complexity index is 2480. The van der Waals surface area contributed by atoms with E-state index in [1.807, 2.05) is 6.07 Å². The number of benzene rings is 9. The van der Waals surface area contributed by atoms with Gasteiger partial charge in [0.1, 0.15) is 5.75 Å². The molecule has 0 aliphatic carbocycles. The molecule has 43 heavy (non-hydrogen) atoms. The quantitative estimate of drug-likeness (QED) is 0.169. The first kappa shape index (κ1) is 24.0. The van der Waals surface area contributed by atoms with E-state index in [1.54, 1.807) is 0 Å². The molecule has 0 aliphatic rings. The fourth-order valence-corrected chi connectivity index (χ4v) is 7.29. The Kier molecular flexibility index (Phi) is 5.12. The highest BCUT2D eigenvalue weighted by Gasteiger charge is 2.22. The molecular weight excluding hydrogens is 520 g/mol. The van der Waals surface area contributed by atoms with Gasteiger partial charge in [0.2, 0.25) is 0 Å². The van der Waals surface area contributed by atoms with E-state index in [2.05, 4.69) is 146 Å². The molecule has 0 amide bonds. The highest BCUT2D eigenvalue weighted by atomic mass is 16.3. The first-order valence-electron chi connectivity index (χ1n) is 14.8. The van der Waals surface area contributed by atoms with Gasteiger partial charge in [-0.1, -0.05) is 140 Å². The topological polar surface area (TPSA) is 20.2 Å². The third-order valence-electron chi connectivity index (χ3n) is 9.11. The van der Waals surface area contributed by atoms with Gasteiger partial charge in [-0.05, 0) is 82.5 Å². The average Bonchev–Trinajstić information content (AvgIpc) is 3.07. The first-order chi connectivity index (χ1) is 21.3. The van der Waals surface area contributed by atoms with Gasteiger partial charge in [0.25, 0.3) is 0 Å². The Morgan fingerprint density at radius 2 is 0.744 bits per heavy atom. The van der Waals surface area contributed by atoms with Gasteiger partial charge < -0.3 is 5.11 Å². The van der Waals surface area contributed by atoms with Gasteiger partial charge in [-0.15, -0.1) is 0 Å². The van der Waals surface area contributed by atoms with Crippen LogP contribution in [0.3, 0.4) is 0 Å². The van der Waals surface area contributed by atoms with Crippen LogP contribution in [0.1, 0.15) is 0 Å². The zero-order chi connectivity index (χ0) is 28.5. The third kappa shape index (κ3) is 3.46. The van der Waals surface area contributed by atoms with Crippen molar-refractivity contribution < 1.29 is 5.11 Å². The summed E-state index contributed by atoms with van der Waals surface area (Å²) in [5.41, 5.74) is 4.36. The molecule has 9 aromatic carbocycles. The van der Waals surface area contributed by atoms with Crippen LogP contribution in [-0.2, 0) is 0 Å². The van der Waals surface area contributed by atoms with Crippen molar-refractivity contribution in [3.05, 3.63) is 152 Å². The predicted octanol–water partition coefficient (Wildman–Crippen LogP) is 11.6. The number of phenols is 1. The molecule has 0 atom stereocenters. The van der Waals surface area contributed by atoms with Crippen molar-refractivity contribution in [3.8, 4) is 28.0 Å². The number of rotatable bonds is 2. The van der Waals surface area contributed by atoms with E-state index in [4.69, 9.17) is 0 Å². The Morgan fingerprint density at radius 1 is 0.302 bits per heavy atom. The lowest BCUT2D eigenvalue weighted by Crippen LogP contribution is -1.93. The molecule has 0 spiro atoms. The second kappa shape index (κ2) is 9.17. The molecule has 1 nitrogen and oxygen atoms in total. The van der Waals surface area contributed by atoms with Gasteiger partial charge in [0.15, 0.2) is 0 Å². The van der Waals surface area contributed by atoms with E-state index in [1.165, 1.54) is 48.8 Å². The maximum atomic E-state index is 11.8. The molecule has 0 saturated carbocycles. The maximum absolute atomic E-state index is 11.8. The molecule has 9 aromatic rings. The summed E-state index contributed by atoms with van der Waals surface area (Å²) >= 11 is 0. The third-order valence-corrected chi connectivity index (χ3v) is 9.11. The van der Waals surface area contributed by atoms with Crippen molar-refractivity contribution in [3.63, 3.8) is 0 Å². The van der Waals surface area contributed by atoms with E-state index < -0.39 is 0 Å². The van der Waals surface area contributed by atoms with Gasteiger partial charge in [-0.25, -0.2) is 0 Å². The molecule has 0 saturated heterocycles. The summed E-state index contributed by atoms with van der Waals surface area (Å²) < 4.78 is 0. The standard InChI is InChI=1S/C42H26O/c43-38-24-23-37-31-15-4-3-13-29(31)30-14-5-6-16-32(30)40(37)42(38)41-35-19-9-7-17-33(35)39(34-18-8-10-20-36(34)41)28-22-21-26-11-1-2-12-27(26)25-28/h1-25,43H. The summed E-state index contributed by atoms with van der Waals surface area (Å²) in [6.07, 6.45) is 0. The summed E-state index contributed by atoms with van der Waals surface area (Å²) in [7, 11) is 0. The van der Waals surface area contributed by atoms with Gasteiger partial charge in [-0.3, -0.25) is 0 Å². The Hall–Kier alpha value is -5.66. The Balaban J connectivity index is 1.50. The normalized spacial score (nSPS) is 11.8. The molecule has 0 radical (unpaired) electrons. The number of fused-ring (bicyclic) bond motifs is 9. The minimum absolute atomic E-state index is 0.293. The summed E-state index contributed by atoms with van der Waals surface area (Å²) in [4.78, 5) is 0. The van der Waals surface area contributed by atoms with Crippen molar-refractivity contribution >= 4 is 64.6 Å². The summed E-state index contributed by atoms with van der Waals surface area (Å²) in [6.45, 7) is 0. The SMILES string of the molecule is Oc1ccc2c3ccccc3c3ccccc3c2c1-c1c2ccccc2c(-c2ccc3ccccc3c2)c2ccccc12. The number of aromatic hydroxyl groups is 1. The summed E-state index contributed by atoms with van der Waals surface area (Å²) in [5.74, 6) is 0.293. The van der Waals surface area contributed by atoms with Crippen molar-refractivity contribution in [1.29, 1.82) is 0 Å². The summed E-state index contributed by atoms with van der Waals surface area (Å²) in [6, 6.07) is 53.8. The Morgan fingerprint density at radius 3 is 1.35 bits per heavy atom. The van der Waals surface area contributed by atoms with E-state index in [-0.39, 0.29) is 0 Å². The molecule has 0 aromatic heterocycles. The van der Waals surface area contributed by atoms with Crippen molar-refractivity contribution in [2.45, 2.75) is 0 Å². The van der Waals surface area contributed by atoms with Gasteiger partial charge in [-0.2, -0.15) is 0 Å². The van der Waals surface area contributed by atoms with Gasteiger partial charge in [0.05, 0.1) is 0 Å².